The summed E-state index contributed by atoms with van der Waals surface area (Å²) >= 11 is 0. The third-order valence-corrected chi connectivity index (χ3v) is 3.62. The van der Waals surface area contributed by atoms with Gasteiger partial charge >= 0.3 is 0 Å². The van der Waals surface area contributed by atoms with Crippen molar-refractivity contribution < 1.29 is 8.42 Å². The zero-order valence-corrected chi connectivity index (χ0v) is 9.85. The van der Waals surface area contributed by atoms with Crippen molar-refractivity contribution in [2.75, 3.05) is 6.26 Å². The van der Waals surface area contributed by atoms with Gasteiger partial charge in [0.1, 0.15) is 6.07 Å². The summed E-state index contributed by atoms with van der Waals surface area (Å²) in [5, 5.41) is 16.6. The summed E-state index contributed by atoms with van der Waals surface area (Å²) in [6.45, 7) is 0. The third kappa shape index (κ3) is 1.97. The molecule has 86 valence electrons. The highest BCUT2D eigenvalue weighted by molar-refractivity contribution is 7.90. The molecule has 0 N–H and O–H groups in total. The summed E-state index contributed by atoms with van der Waals surface area (Å²) in [5.41, 5.74) is -0.513. The third-order valence-electron chi connectivity index (χ3n) is 2.49. The molecule has 1 aromatic rings. The lowest BCUT2D eigenvalue weighted by Crippen LogP contribution is -2.15. The van der Waals surface area contributed by atoms with Gasteiger partial charge in [0.25, 0.3) is 0 Å². The Morgan fingerprint density at radius 1 is 1.29 bits per heavy atom. The Hall–Kier alpha value is -2.00. The Morgan fingerprint density at radius 3 is 2.35 bits per heavy atom. The predicted octanol–water partition coefficient (Wildman–Crippen LogP) is 1.79. The van der Waals surface area contributed by atoms with E-state index in [0.717, 1.165) is 6.26 Å². The van der Waals surface area contributed by atoms with E-state index in [2.05, 4.69) is 16.3 Å². The Balaban J connectivity index is 2.47. The Bertz CT molecular complexity index is 624. The maximum absolute atomic E-state index is 11.3. The first-order valence-corrected chi connectivity index (χ1v) is 6.69. The maximum Gasteiger partial charge on any atom is 0.212 e. The maximum atomic E-state index is 11.3. The first-order valence-electron chi connectivity index (χ1n) is 4.79. The van der Waals surface area contributed by atoms with Crippen LogP contribution in [-0.2, 0) is 15.4 Å². The summed E-state index contributed by atoms with van der Waals surface area (Å²) in [6, 6.07) is 8.14. The summed E-state index contributed by atoms with van der Waals surface area (Å²) in [6.07, 6.45) is 4.16. The van der Waals surface area contributed by atoms with Gasteiger partial charge in [-0.1, -0.05) is 12.1 Å². The van der Waals surface area contributed by atoms with Crippen molar-refractivity contribution in [2.24, 2.45) is 10.2 Å². The van der Waals surface area contributed by atoms with Crippen LogP contribution in [-0.4, -0.2) is 14.7 Å². The zero-order valence-electron chi connectivity index (χ0n) is 9.03. The molecule has 5 nitrogen and oxygen atoms in total. The highest BCUT2D eigenvalue weighted by Crippen LogP contribution is 2.31. The Morgan fingerprint density at radius 2 is 1.94 bits per heavy atom. The van der Waals surface area contributed by atoms with Crippen LogP contribution in [0.5, 0.6) is 0 Å². The second kappa shape index (κ2) is 3.79. The first kappa shape index (κ1) is 11.5. The van der Waals surface area contributed by atoms with Crippen LogP contribution in [0.2, 0.25) is 0 Å². The average Bonchev–Trinajstić information content (AvgIpc) is 2.78. The van der Waals surface area contributed by atoms with Gasteiger partial charge in [-0.25, -0.2) is 8.42 Å². The summed E-state index contributed by atoms with van der Waals surface area (Å²) in [7, 11) is -3.22. The molecule has 0 fully saturated rings. The fourth-order valence-electron chi connectivity index (χ4n) is 1.53. The van der Waals surface area contributed by atoms with Gasteiger partial charge in [-0.05, 0) is 23.8 Å². The van der Waals surface area contributed by atoms with Gasteiger partial charge in [0.15, 0.2) is 9.84 Å². The van der Waals surface area contributed by atoms with E-state index in [1.54, 1.807) is 18.2 Å². The van der Waals surface area contributed by atoms with Gasteiger partial charge in [0, 0.05) is 12.5 Å². The molecule has 2 rings (SSSR count). The van der Waals surface area contributed by atoms with Crippen LogP contribution in [0, 0.1) is 11.3 Å². The lowest BCUT2D eigenvalue weighted by Gasteiger charge is -2.13. The van der Waals surface area contributed by atoms with Crippen LogP contribution in [0.3, 0.4) is 0 Å². The topological polar surface area (TPSA) is 82.6 Å². The number of nitriles is 1. The number of rotatable bonds is 2. The lowest BCUT2D eigenvalue weighted by molar-refractivity contribution is 0.601. The minimum absolute atomic E-state index is 0.216. The smallest absolute Gasteiger partial charge is 0.212 e. The number of nitrogens with zero attached hydrogens (tertiary/aromatic N) is 3. The van der Waals surface area contributed by atoms with Crippen LogP contribution < -0.4 is 0 Å². The normalized spacial score (nSPS) is 22.6. The van der Waals surface area contributed by atoms with Gasteiger partial charge in [-0.2, -0.15) is 15.5 Å². The lowest BCUT2D eigenvalue weighted by atomic mass is 9.93. The summed E-state index contributed by atoms with van der Waals surface area (Å²) < 4.78 is 22.6. The molecule has 0 amide bonds. The molecule has 1 aromatic carbocycles. The van der Waals surface area contributed by atoms with Crippen LogP contribution >= 0.6 is 0 Å². The highest BCUT2D eigenvalue weighted by atomic mass is 32.2. The van der Waals surface area contributed by atoms with E-state index in [9.17, 15) is 8.42 Å². The van der Waals surface area contributed by atoms with Crippen molar-refractivity contribution in [1.82, 2.24) is 0 Å². The predicted molar refractivity (Wildman–Crippen MR) is 60.8 cm³/mol. The van der Waals surface area contributed by atoms with E-state index in [1.165, 1.54) is 18.3 Å². The van der Waals surface area contributed by atoms with Crippen molar-refractivity contribution in [3.05, 3.63) is 42.1 Å². The molecule has 0 saturated carbocycles. The summed E-state index contributed by atoms with van der Waals surface area (Å²) in [4.78, 5) is 0.216. The molecule has 1 aliphatic rings. The average molecular weight is 247 g/mol. The Kier molecular flexibility index (Phi) is 2.56. The number of azo groups is 1. The number of benzene rings is 1. The van der Waals surface area contributed by atoms with E-state index in [-0.39, 0.29) is 4.90 Å². The minimum atomic E-state index is -3.22. The van der Waals surface area contributed by atoms with Gasteiger partial charge < -0.3 is 0 Å². The van der Waals surface area contributed by atoms with E-state index in [0.29, 0.717) is 5.56 Å². The van der Waals surface area contributed by atoms with E-state index in [1.807, 2.05) is 0 Å². The molecule has 1 heterocycles. The van der Waals surface area contributed by atoms with Crippen LogP contribution in [0.25, 0.3) is 0 Å². The molecule has 1 aliphatic heterocycles. The number of sulfone groups is 1. The molecule has 0 radical (unpaired) electrons. The molecule has 6 heteroatoms. The molecule has 0 aromatic heterocycles. The van der Waals surface area contributed by atoms with Crippen LogP contribution in [0.15, 0.2) is 51.7 Å². The number of hydrogen-bond donors (Lipinski definition) is 0. The van der Waals surface area contributed by atoms with Crippen molar-refractivity contribution in [2.45, 2.75) is 10.4 Å². The second-order valence-electron chi connectivity index (χ2n) is 3.71. The zero-order chi connectivity index (χ0) is 12.5. The minimum Gasteiger partial charge on any atom is -0.224 e. The van der Waals surface area contributed by atoms with Gasteiger partial charge in [0.05, 0.1) is 4.90 Å². The van der Waals surface area contributed by atoms with Gasteiger partial charge in [0.2, 0.25) is 5.54 Å². The monoisotopic (exact) mass is 247 g/mol. The molecule has 0 aliphatic carbocycles. The Labute approximate surface area is 99.0 Å². The van der Waals surface area contributed by atoms with Crippen LogP contribution in [0.4, 0.5) is 0 Å². The quantitative estimate of drug-likeness (QED) is 0.798. The molecule has 1 atom stereocenters. The van der Waals surface area contributed by atoms with Crippen LogP contribution in [0.1, 0.15) is 5.56 Å². The molecule has 0 bridgehead atoms. The molecule has 17 heavy (non-hydrogen) atoms. The number of hydrogen-bond acceptors (Lipinski definition) is 5. The second-order valence-corrected chi connectivity index (χ2v) is 5.72. The molecule has 1 unspecified atom stereocenters. The standard InChI is InChI=1S/C11H9N3O2S/c1-17(15,16)10-4-2-9(3-5-10)11(8-12)6-7-13-14-11/h2-7H,1H3. The van der Waals surface area contributed by atoms with E-state index >= 15 is 0 Å². The van der Waals surface area contributed by atoms with E-state index < -0.39 is 15.4 Å². The molecular formula is C11H9N3O2S. The van der Waals surface area contributed by atoms with Gasteiger partial charge in [-0.15, -0.1) is 0 Å². The first-order chi connectivity index (χ1) is 7.98. The largest absolute Gasteiger partial charge is 0.224 e. The molecular weight excluding hydrogens is 238 g/mol. The molecule has 0 spiro atoms. The van der Waals surface area contributed by atoms with Crippen molar-refractivity contribution >= 4 is 9.84 Å². The van der Waals surface area contributed by atoms with E-state index in [4.69, 9.17) is 5.26 Å². The fraction of sp³-hybridized carbons (Fsp3) is 0.182. The SMILES string of the molecule is CS(=O)(=O)c1ccc(C2(C#N)C=CN=N2)cc1. The summed E-state index contributed by atoms with van der Waals surface area (Å²) in [5.74, 6) is 0. The fourth-order valence-corrected chi connectivity index (χ4v) is 2.16. The molecule has 0 saturated heterocycles. The van der Waals surface area contributed by atoms with Gasteiger partial charge in [-0.3, -0.25) is 0 Å². The van der Waals surface area contributed by atoms with Crippen molar-refractivity contribution in [3.63, 3.8) is 0 Å². The van der Waals surface area contributed by atoms with Crippen molar-refractivity contribution in [3.8, 4) is 6.07 Å². The highest BCUT2D eigenvalue weighted by Gasteiger charge is 2.31. The van der Waals surface area contributed by atoms with Crippen molar-refractivity contribution in [1.29, 1.82) is 5.26 Å².